The van der Waals surface area contributed by atoms with E-state index in [0.717, 1.165) is 25.3 Å². The molecule has 0 radical (unpaired) electrons. The summed E-state index contributed by atoms with van der Waals surface area (Å²) in [7, 11) is 0. The minimum absolute atomic E-state index is 0.0664. The molecule has 0 aromatic heterocycles. The van der Waals surface area contributed by atoms with E-state index in [4.69, 9.17) is 0 Å². The van der Waals surface area contributed by atoms with Gasteiger partial charge in [-0.15, -0.1) is 0 Å². The first-order valence-corrected chi connectivity index (χ1v) is 8.60. The van der Waals surface area contributed by atoms with Crippen molar-refractivity contribution in [2.45, 2.75) is 51.7 Å². The minimum Gasteiger partial charge on any atom is -0.393 e. The predicted molar refractivity (Wildman–Crippen MR) is 88.5 cm³/mol. The molecule has 0 aliphatic carbocycles. The second-order valence-electron chi connectivity index (χ2n) is 6.55. The van der Waals surface area contributed by atoms with Gasteiger partial charge in [-0.05, 0) is 32.3 Å². The summed E-state index contributed by atoms with van der Waals surface area (Å²) >= 11 is 0. The molecule has 0 spiro atoms. The summed E-state index contributed by atoms with van der Waals surface area (Å²) in [6.07, 6.45) is 2.61. The predicted octanol–water partition coefficient (Wildman–Crippen LogP) is 3.61. The average Bonchev–Trinajstić information content (AvgIpc) is 2.54. The Morgan fingerprint density at radius 2 is 2.21 bits per heavy atom. The standard InChI is InChI=1S/C18H26F2N2O2/c1-3-5-17(15-8-7-14(19)10-16(15)20)21-18(24)22-9-4-6-13(11-22)12(2)23/h7-8,10,12-13,17,23H,3-6,9,11H2,1-2H3,(H,21,24). The highest BCUT2D eigenvalue weighted by Gasteiger charge is 2.28. The van der Waals surface area contributed by atoms with Crippen molar-refractivity contribution in [2.24, 2.45) is 5.92 Å². The molecule has 2 amide bonds. The van der Waals surface area contributed by atoms with Crippen molar-refractivity contribution < 1.29 is 18.7 Å². The molecule has 2 rings (SSSR count). The van der Waals surface area contributed by atoms with Crippen LogP contribution in [0, 0.1) is 17.6 Å². The van der Waals surface area contributed by atoms with Gasteiger partial charge in [-0.2, -0.15) is 0 Å². The molecular formula is C18H26F2N2O2. The Morgan fingerprint density at radius 3 is 2.83 bits per heavy atom. The molecule has 134 valence electrons. The first kappa shape index (κ1) is 18.6. The molecule has 1 fully saturated rings. The summed E-state index contributed by atoms with van der Waals surface area (Å²) in [4.78, 5) is 14.2. The number of nitrogens with one attached hydrogen (secondary N) is 1. The summed E-state index contributed by atoms with van der Waals surface area (Å²) in [5.41, 5.74) is 0.302. The molecule has 1 aromatic rings. The number of aliphatic hydroxyl groups excluding tert-OH is 1. The van der Waals surface area contributed by atoms with Crippen LogP contribution >= 0.6 is 0 Å². The highest BCUT2D eigenvalue weighted by Crippen LogP contribution is 2.24. The fraction of sp³-hybridized carbons (Fsp3) is 0.611. The van der Waals surface area contributed by atoms with Gasteiger partial charge in [0.05, 0.1) is 12.1 Å². The van der Waals surface area contributed by atoms with E-state index >= 15 is 0 Å². The van der Waals surface area contributed by atoms with Crippen LogP contribution in [0.25, 0.3) is 0 Å². The molecule has 3 unspecified atom stereocenters. The number of carbonyl (C=O) groups excluding carboxylic acids is 1. The Morgan fingerprint density at radius 1 is 1.46 bits per heavy atom. The first-order chi connectivity index (χ1) is 11.4. The third-order valence-electron chi connectivity index (χ3n) is 4.64. The molecule has 1 aliphatic heterocycles. The number of benzene rings is 1. The minimum atomic E-state index is -0.644. The van der Waals surface area contributed by atoms with Crippen molar-refractivity contribution in [1.82, 2.24) is 10.2 Å². The highest BCUT2D eigenvalue weighted by molar-refractivity contribution is 5.74. The highest BCUT2D eigenvalue weighted by atomic mass is 19.1. The number of urea groups is 1. The average molecular weight is 340 g/mol. The molecule has 1 heterocycles. The fourth-order valence-electron chi connectivity index (χ4n) is 3.21. The van der Waals surface area contributed by atoms with Gasteiger partial charge in [0.2, 0.25) is 0 Å². The Labute approximate surface area is 141 Å². The number of carbonyl (C=O) groups is 1. The largest absolute Gasteiger partial charge is 0.393 e. The number of piperidine rings is 1. The van der Waals surface area contributed by atoms with Gasteiger partial charge >= 0.3 is 6.03 Å². The monoisotopic (exact) mass is 340 g/mol. The second kappa shape index (κ2) is 8.42. The maximum Gasteiger partial charge on any atom is 0.317 e. The summed E-state index contributed by atoms with van der Waals surface area (Å²) in [6.45, 7) is 4.80. The molecule has 1 aliphatic rings. The first-order valence-electron chi connectivity index (χ1n) is 8.60. The second-order valence-corrected chi connectivity index (χ2v) is 6.55. The van der Waals surface area contributed by atoms with Gasteiger partial charge in [-0.25, -0.2) is 13.6 Å². The Balaban J connectivity index is 2.08. The number of likely N-dealkylation sites (tertiary alicyclic amines) is 1. The normalized spacial score (nSPS) is 20.5. The van der Waals surface area contributed by atoms with Gasteiger partial charge < -0.3 is 15.3 Å². The van der Waals surface area contributed by atoms with Crippen molar-refractivity contribution in [3.05, 3.63) is 35.4 Å². The number of rotatable bonds is 5. The quantitative estimate of drug-likeness (QED) is 0.860. The molecule has 0 saturated carbocycles. The van der Waals surface area contributed by atoms with Crippen molar-refractivity contribution >= 4 is 6.03 Å². The van der Waals surface area contributed by atoms with Crippen molar-refractivity contribution in [3.8, 4) is 0 Å². The lowest BCUT2D eigenvalue weighted by Gasteiger charge is -2.35. The smallest absolute Gasteiger partial charge is 0.317 e. The van der Waals surface area contributed by atoms with Crippen LogP contribution in [-0.2, 0) is 0 Å². The zero-order valence-corrected chi connectivity index (χ0v) is 14.3. The number of amides is 2. The molecule has 2 N–H and O–H groups in total. The Bertz CT molecular complexity index is 566. The van der Waals surface area contributed by atoms with E-state index in [-0.39, 0.29) is 11.9 Å². The summed E-state index contributed by atoms with van der Waals surface area (Å²) in [5.74, 6) is -1.21. The molecule has 0 bridgehead atoms. The number of nitrogens with zero attached hydrogens (tertiary/aromatic N) is 1. The molecule has 1 aromatic carbocycles. The molecule has 6 heteroatoms. The van der Waals surface area contributed by atoms with Crippen LogP contribution in [0.3, 0.4) is 0 Å². The van der Waals surface area contributed by atoms with Crippen molar-refractivity contribution in [2.75, 3.05) is 13.1 Å². The van der Waals surface area contributed by atoms with E-state index < -0.39 is 23.8 Å². The van der Waals surface area contributed by atoms with Gasteiger partial charge in [0.15, 0.2) is 0 Å². The Kier molecular flexibility index (Phi) is 6.54. The summed E-state index contributed by atoms with van der Waals surface area (Å²) < 4.78 is 27.2. The van der Waals surface area contributed by atoms with Crippen LogP contribution in [0.4, 0.5) is 13.6 Å². The van der Waals surface area contributed by atoms with E-state index in [1.54, 1.807) is 11.8 Å². The third kappa shape index (κ3) is 4.66. The third-order valence-corrected chi connectivity index (χ3v) is 4.64. The van der Waals surface area contributed by atoms with E-state index in [0.29, 0.717) is 25.1 Å². The van der Waals surface area contributed by atoms with E-state index in [1.807, 2.05) is 6.92 Å². The molecular weight excluding hydrogens is 314 g/mol. The number of hydrogen-bond acceptors (Lipinski definition) is 2. The van der Waals surface area contributed by atoms with Gasteiger partial charge in [0.25, 0.3) is 0 Å². The number of aliphatic hydroxyl groups is 1. The fourth-order valence-corrected chi connectivity index (χ4v) is 3.21. The van der Waals surface area contributed by atoms with Crippen LogP contribution in [0.15, 0.2) is 18.2 Å². The van der Waals surface area contributed by atoms with Gasteiger partial charge in [0, 0.05) is 30.6 Å². The van der Waals surface area contributed by atoms with Crippen LogP contribution < -0.4 is 5.32 Å². The van der Waals surface area contributed by atoms with E-state index in [9.17, 15) is 18.7 Å². The zero-order valence-electron chi connectivity index (χ0n) is 14.3. The molecule has 3 atom stereocenters. The van der Waals surface area contributed by atoms with Crippen LogP contribution in [0.5, 0.6) is 0 Å². The maximum absolute atomic E-state index is 14.0. The zero-order chi connectivity index (χ0) is 17.7. The number of hydrogen-bond donors (Lipinski definition) is 2. The lowest BCUT2D eigenvalue weighted by atomic mass is 9.93. The van der Waals surface area contributed by atoms with E-state index in [1.165, 1.54) is 12.1 Å². The van der Waals surface area contributed by atoms with Crippen LogP contribution in [-0.4, -0.2) is 35.2 Å². The molecule has 1 saturated heterocycles. The summed E-state index contributed by atoms with van der Waals surface area (Å²) in [6, 6.07) is 2.68. The van der Waals surface area contributed by atoms with Gasteiger partial charge in [0.1, 0.15) is 11.6 Å². The van der Waals surface area contributed by atoms with Crippen LogP contribution in [0.1, 0.15) is 51.1 Å². The summed E-state index contributed by atoms with van der Waals surface area (Å²) in [5, 5.41) is 12.6. The Hall–Kier alpha value is -1.69. The van der Waals surface area contributed by atoms with E-state index in [2.05, 4.69) is 5.32 Å². The van der Waals surface area contributed by atoms with Crippen molar-refractivity contribution in [3.63, 3.8) is 0 Å². The van der Waals surface area contributed by atoms with Crippen molar-refractivity contribution in [1.29, 1.82) is 0 Å². The van der Waals surface area contributed by atoms with Crippen LogP contribution in [0.2, 0.25) is 0 Å². The van der Waals surface area contributed by atoms with Gasteiger partial charge in [-0.1, -0.05) is 19.4 Å². The maximum atomic E-state index is 14.0. The number of halogens is 2. The lowest BCUT2D eigenvalue weighted by molar-refractivity contribution is 0.0732. The molecule has 4 nitrogen and oxygen atoms in total. The van der Waals surface area contributed by atoms with Gasteiger partial charge in [-0.3, -0.25) is 0 Å². The lowest BCUT2D eigenvalue weighted by Crippen LogP contribution is -2.48. The molecule has 24 heavy (non-hydrogen) atoms. The topological polar surface area (TPSA) is 52.6 Å². The SMILES string of the molecule is CCCC(NC(=O)N1CCCC(C(C)O)C1)c1ccc(F)cc1F.